The van der Waals surface area contributed by atoms with Crippen LogP contribution in [-0.2, 0) is 32.7 Å². The summed E-state index contributed by atoms with van der Waals surface area (Å²) < 4.78 is 33.0. The molecule has 0 aliphatic carbocycles. The zero-order chi connectivity index (χ0) is 48.1. The molecular weight excluding hydrogens is 846 g/mol. The number of phosphoric ester groups is 1. The number of phosphoric acid groups is 1. The van der Waals surface area contributed by atoms with E-state index in [0.717, 1.165) is 57.8 Å². The minimum atomic E-state index is -4.38. The van der Waals surface area contributed by atoms with Crippen LogP contribution in [0, 0.1) is 0 Å². The van der Waals surface area contributed by atoms with Gasteiger partial charge in [-0.2, -0.15) is 0 Å². The molecule has 0 saturated carbocycles. The minimum Gasteiger partial charge on any atom is -0.462 e. The summed E-state index contributed by atoms with van der Waals surface area (Å²) in [6.07, 6.45) is 61.9. The quantitative estimate of drug-likeness (QED) is 0.0264. The predicted octanol–water partition coefficient (Wildman–Crippen LogP) is 17.2. The lowest BCUT2D eigenvalue weighted by molar-refractivity contribution is -0.161. The normalized spacial score (nSPS) is 13.3. The van der Waals surface area contributed by atoms with Crippen molar-refractivity contribution in [3.05, 3.63) is 36.5 Å². The molecule has 0 amide bonds. The first-order valence-corrected chi connectivity index (χ1v) is 29.5. The Hall–Kier alpha value is -1.77. The van der Waals surface area contributed by atoms with Crippen molar-refractivity contribution in [1.29, 1.82) is 0 Å². The van der Waals surface area contributed by atoms with Gasteiger partial charge in [-0.15, -0.1) is 0 Å². The lowest BCUT2D eigenvalue weighted by Gasteiger charge is -2.19. The average Bonchev–Trinajstić information content (AvgIpc) is 3.31. The molecule has 0 spiro atoms. The summed E-state index contributed by atoms with van der Waals surface area (Å²) in [5, 5.41) is 0. The summed E-state index contributed by atoms with van der Waals surface area (Å²) in [6.45, 7) is 3.77. The molecule has 0 aromatic carbocycles. The molecule has 3 N–H and O–H groups in total. The lowest BCUT2D eigenvalue weighted by Crippen LogP contribution is -2.29. The zero-order valence-electron chi connectivity index (χ0n) is 43.2. The Balaban J connectivity index is 3.99. The monoisotopic (exact) mass is 952 g/mol. The van der Waals surface area contributed by atoms with Gasteiger partial charge in [0.05, 0.1) is 13.2 Å². The molecule has 0 aliphatic heterocycles. The highest BCUT2D eigenvalue weighted by Gasteiger charge is 2.26. The van der Waals surface area contributed by atoms with Crippen molar-refractivity contribution in [2.45, 2.75) is 283 Å². The molecular formula is C56H106NO8P. The Kier molecular flexibility index (Phi) is 51.2. The second-order valence-corrected chi connectivity index (χ2v) is 20.3. The molecule has 2 atom stereocenters. The van der Waals surface area contributed by atoms with Gasteiger partial charge in [0.15, 0.2) is 6.10 Å². The third kappa shape index (κ3) is 51.6. The van der Waals surface area contributed by atoms with Gasteiger partial charge >= 0.3 is 19.8 Å². The zero-order valence-corrected chi connectivity index (χ0v) is 44.1. The maximum atomic E-state index is 12.7. The predicted molar refractivity (Wildman–Crippen MR) is 280 cm³/mol. The van der Waals surface area contributed by atoms with Crippen LogP contribution in [0.25, 0.3) is 0 Å². The third-order valence-corrected chi connectivity index (χ3v) is 13.3. The number of esters is 2. The van der Waals surface area contributed by atoms with Crippen LogP contribution < -0.4 is 5.73 Å². The number of rotatable bonds is 53. The topological polar surface area (TPSA) is 134 Å². The first-order valence-electron chi connectivity index (χ1n) is 28.0. The second-order valence-electron chi connectivity index (χ2n) is 18.8. The van der Waals surface area contributed by atoms with Gasteiger partial charge in [0.1, 0.15) is 6.61 Å². The molecule has 66 heavy (non-hydrogen) atoms. The standard InChI is InChI=1S/C56H106NO8P/c1-3-5-7-9-11-13-15-17-19-21-23-25-26-27-28-29-31-33-35-37-39-41-43-45-47-49-56(59)65-54(53-64-66(60,61)63-51-50-57)52-62-55(58)48-46-44-42-40-38-36-34-32-30-24-22-20-18-16-14-12-10-8-6-4-2/h15,17,21,23,26-27,54H,3-14,16,18-20,22,24-25,28-53,57H2,1-2H3,(H,60,61)/b17-15-,23-21-,27-26-. The highest BCUT2D eigenvalue weighted by atomic mass is 31.2. The molecule has 0 fully saturated rings. The fraction of sp³-hybridized carbons (Fsp3) is 0.857. The van der Waals surface area contributed by atoms with Crippen LogP contribution >= 0.6 is 7.82 Å². The first kappa shape index (κ1) is 64.2. The smallest absolute Gasteiger partial charge is 0.462 e. The highest BCUT2D eigenvalue weighted by Crippen LogP contribution is 2.43. The Labute approximate surface area is 407 Å². The molecule has 10 heteroatoms. The maximum absolute atomic E-state index is 12.7. The number of ether oxygens (including phenoxy) is 2. The molecule has 0 aromatic heterocycles. The van der Waals surface area contributed by atoms with Crippen LogP contribution in [0.15, 0.2) is 36.5 Å². The SMILES string of the molecule is CCCCCCC/C=C\C/C=C\C/C=C\CCCCCCCCCCCCC(=O)OC(COC(=O)CCCCCCCCCCCCCCCCCCCCCC)COP(=O)(O)OCCN. The molecule has 0 aromatic rings. The van der Waals surface area contributed by atoms with Gasteiger partial charge in [0.2, 0.25) is 0 Å². The van der Waals surface area contributed by atoms with Crippen molar-refractivity contribution in [3.63, 3.8) is 0 Å². The summed E-state index contributed by atoms with van der Waals surface area (Å²) in [5.74, 6) is -0.819. The van der Waals surface area contributed by atoms with E-state index in [1.807, 2.05) is 0 Å². The molecule has 0 bridgehead atoms. The maximum Gasteiger partial charge on any atom is 0.472 e. The minimum absolute atomic E-state index is 0.0538. The highest BCUT2D eigenvalue weighted by molar-refractivity contribution is 7.47. The summed E-state index contributed by atoms with van der Waals surface area (Å²) >= 11 is 0. The third-order valence-electron chi connectivity index (χ3n) is 12.3. The van der Waals surface area contributed by atoms with E-state index in [1.54, 1.807) is 0 Å². The van der Waals surface area contributed by atoms with E-state index in [-0.39, 0.29) is 38.6 Å². The van der Waals surface area contributed by atoms with Crippen molar-refractivity contribution < 1.29 is 37.6 Å². The van der Waals surface area contributed by atoms with Crippen molar-refractivity contribution in [2.24, 2.45) is 5.73 Å². The average molecular weight is 952 g/mol. The molecule has 0 radical (unpaired) electrons. The van der Waals surface area contributed by atoms with E-state index in [2.05, 4.69) is 50.3 Å². The van der Waals surface area contributed by atoms with Crippen LogP contribution in [0.2, 0.25) is 0 Å². The van der Waals surface area contributed by atoms with Crippen LogP contribution in [0.4, 0.5) is 0 Å². The van der Waals surface area contributed by atoms with E-state index in [1.165, 1.54) is 186 Å². The van der Waals surface area contributed by atoms with Crippen molar-refractivity contribution in [1.82, 2.24) is 0 Å². The van der Waals surface area contributed by atoms with Crippen LogP contribution in [-0.4, -0.2) is 49.3 Å². The van der Waals surface area contributed by atoms with Crippen LogP contribution in [0.3, 0.4) is 0 Å². The molecule has 2 unspecified atom stereocenters. The molecule has 388 valence electrons. The van der Waals surface area contributed by atoms with Crippen LogP contribution in [0.5, 0.6) is 0 Å². The molecule has 0 aliphatic rings. The van der Waals surface area contributed by atoms with E-state index < -0.39 is 26.5 Å². The van der Waals surface area contributed by atoms with Gasteiger partial charge in [-0.1, -0.05) is 249 Å². The molecule has 0 rings (SSSR count). The number of carbonyl (C=O) groups excluding carboxylic acids is 2. The van der Waals surface area contributed by atoms with Crippen LogP contribution in [0.1, 0.15) is 277 Å². The number of carbonyl (C=O) groups is 2. The van der Waals surface area contributed by atoms with Gasteiger partial charge in [-0.25, -0.2) is 4.57 Å². The lowest BCUT2D eigenvalue weighted by atomic mass is 10.0. The summed E-state index contributed by atoms with van der Waals surface area (Å²) in [6, 6.07) is 0. The number of hydrogen-bond acceptors (Lipinski definition) is 8. The number of allylic oxidation sites excluding steroid dienone is 6. The largest absolute Gasteiger partial charge is 0.472 e. The Morgan fingerprint density at radius 1 is 0.455 bits per heavy atom. The van der Waals surface area contributed by atoms with Crippen molar-refractivity contribution in [3.8, 4) is 0 Å². The fourth-order valence-electron chi connectivity index (χ4n) is 8.12. The van der Waals surface area contributed by atoms with Crippen molar-refractivity contribution in [2.75, 3.05) is 26.4 Å². The summed E-state index contributed by atoms with van der Waals surface area (Å²) in [5.41, 5.74) is 5.38. The second kappa shape index (κ2) is 52.6. The van der Waals surface area contributed by atoms with E-state index in [0.29, 0.717) is 6.42 Å². The Morgan fingerprint density at radius 2 is 0.788 bits per heavy atom. The summed E-state index contributed by atoms with van der Waals surface area (Å²) in [4.78, 5) is 35.1. The summed E-state index contributed by atoms with van der Waals surface area (Å²) in [7, 11) is -4.38. The number of nitrogens with two attached hydrogens (primary N) is 1. The van der Waals surface area contributed by atoms with Gasteiger partial charge < -0.3 is 20.1 Å². The Bertz CT molecular complexity index is 1180. The molecule has 0 saturated heterocycles. The van der Waals surface area contributed by atoms with E-state index in [4.69, 9.17) is 24.3 Å². The number of unbranched alkanes of at least 4 members (excludes halogenated alkanes) is 34. The van der Waals surface area contributed by atoms with E-state index >= 15 is 0 Å². The van der Waals surface area contributed by atoms with Gasteiger partial charge in [-0.05, 0) is 51.4 Å². The van der Waals surface area contributed by atoms with Crippen molar-refractivity contribution >= 4 is 19.8 Å². The first-order chi connectivity index (χ1) is 32.3. The van der Waals surface area contributed by atoms with Gasteiger partial charge in [0, 0.05) is 19.4 Å². The van der Waals surface area contributed by atoms with Gasteiger partial charge in [-0.3, -0.25) is 18.6 Å². The molecule has 0 heterocycles. The number of hydrogen-bond donors (Lipinski definition) is 2. The fourth-order valence-corrected chi connectivity index (χ4v) is 8.88. The Morgan fingerprint density at radius 3 is 1.17 bits per heavy atom. The van der Waals surface area contributed by atoms with E-state index in [9.17, 15) is 19.0 Å². The molecule has 9 nitrogen and oxygen atoms in total. The van der Waals surface area contributed by atoms with Gasteiger partial charge in [0.25, 0.3) is 0 Å².